The molecule has 0 aliphatic carbocycles. The summed E-state index contributed by atoms with van der Waals surface area (Å²) >= 11 is 0. The average Bonchev–Trinajstić information content (AvgIpc) is 1.68. The van der Waals surface area contributed by atoms with Crippen LogP contribution in [0.2, 0.25) is 0 Å². The third kappa shape index (κ3) is 3.97. The van der Waals surface area contributed by atoms with Crippen molar-refractivity contribution in [3.05, 3.63) is 0 Å². The molecule has 3 N–H and O–H groups in total. The summed E-state index contributed by atoms with van der Waals surface area (Å²) in [6.07, 6.45) is -0.981. The number of hydrogen-bond donors (Lipinski definition) is 3. The maximum atomic E-state index is 8.48. The molecule has 0 aliphatic rings. The Morgan fingerprint density at radius 2 is 1.50 bits per heavy atom. The molecule has 0 aromatic heterocycles. The molecule has 0 saturated carbocycles. The second-order valence-electron chi connectivity index (χ2n) is 1.25. The first-order valence-electron chi connectivity index (χ1n) is 2.02. The van der Waals surface area contributed by atoms with E-state index in [0.29, 0.717) is 0 Å². The number of aliphatic hydroxyl groups is 1. The fourth-order valence-electron chi connectivity index (χ4n) is 0.220. The fraction of sp³-hybridized carbons (Fsp3) is 1.00. The van der Waals surface area contributed by atoms with Crippen LogP contribution in [-0.4, -0.2) is 34.9 Å². The minimum Gasteiger partial charge on any atom is -0.388 e. The molecular formula is C3H8O5. The number of aliphatic hydroxyl groups excluding tert-OH is 1. The lowest BCUT2D eigenvalue weighted by atomic mass is 10.4. The lowest BCUT2D eigenvalue weighted by molar-refractivity contribution is -0.289. The molecule has 0 radical (unpaired) electrons. The molecule has 0 aromatic rings. The topological polar surface area (TPSA) is 79.2 Å². The summed E-state index contributed by atoms with van der Waals surface area (Å²) in [6.45, 7) is -0.527. The summed E-state index contributed by atoms with van der Waals surface area (Å²) in [6, 6.07) is 0. The molecule has 0 fully saturated rings. The first-order valence-corrected chi connectivity index (χ1v) is 2.02. The minimum absolute atomic E-state index is 0.263. The molecule has 0 unspecified atom stereocenters. The van der Waals surface area contributed by atoms with Gasteiger partial charge in [0.15, 0.2) is 0 Å². The van der Waals surface area contributed by atoms with Crippen molar-refractivity contribution < 1.29 is 25.4 Å². The second kappa shape index (κ2) is 4.95. The van der Waals surface area contributed by atoms with Gasteiger partial charge in [-0.05, 0) is 0 Å². The Kier molecular flexibility index (Phi) is 4.82. The number of rotatable bonds is 4. The molecule has 0 saturated heterocycles. The summed E-state index contributed by atoms with van der Waals surface area (Å²) in [7, 11) is 0. The van der Waals surface area contributed by atoms with E-state index in [1.165, 1.54) is 0 Å². The average molecular weight is 124 g/mol. The van der Waals surface area contributed by atoms with E-state index in [1.807, 2.05) is 0 Å². The van der Waals surface area contributed by atoms with Crippen LogP contribution < -0.4 is 0 Å². The Balaban J connectivity index is 2.92. The zero-order valence-corrected chi connectivity index (χ0v) is 4.15. The molecule has 0 aliphatic heterocycles. The lowest BCUT2D eigenvalue weighted by Gasteiger charge is -2.02. The van der Waals surface area contributed by atoms with Gasteiger partial charge in [-0.2, -0.15) is 0 Å². The van der Waals surface area contributed by atoms with Crippen LogP contribution in [0.25, 0.3) is 0 Å². The van der Waals surface area contributed by atoms with Gasteiger partial charge in [0, 0.05) is 0 Å². The Labute approximate surface area is 45.9 Å². The van der Waals surface area contributed by atoms with Crippen LogP contribution in [0, 0.1) is 0 Å². The Morgan fingerprint density at radius 3 is 1.75 bits per heavy atom. The highest BCUT2D eigenvalue weighted by molar-refractivity contribution is 4.46. The van der Waals surface area contributed by atoms with E-state index in [1.54, 1.807) is 0 Å². The molecule has 5 nitrogen and oxygen atoms in total. The smallest absolute Gasteiger partial charge is 0.110 e. The summed E-state index contributed by atoms with van der Waals surface area (Å²) in [5.74, 6) is 0. The SMILES string of the molecule is OOCC(O)COO. The zero-order chi connectivity index (χ0) is 6.41. The quantitative estimate of drug-likeness (QED) is 0.342. The molecule has 0 heterocycles. The van der Waals surface area contributed by atoms with Gasteiger partial charge in [0.25, 0.3) is 0 Å². The molecule has 0 bridgehead atoms. The van der Waals surface area contributed by atoms with Gasteiger partial charge in [-0.3, -0.25) is 10.5 Å². The van der Waals surface area contributed by atoms with Gasteiger partial charge >= 0.3 is 0 Å². The molecule has 5 heteroatoms. The first kappa shape index (κ1) is 7.80. The van der Waals surface area contributed by atoms with Gasteiger partial charge in [0.05, 0.1) is 0 Å². The van der Waals surface area contributed by atoms with Crippen molar-refractivity contribution in [2.24, 2.45) is 0 Å². The molecule has 0 spiro atoms. The van der Waals surface area contributed by atoms with E-state index in [0.717, 1.165) is 0 Å². The summed E-state index contributed by atoms with van der Waals surface area (Å²) in [5, 5.41) is 23.8. The third-order valence-electron chi connectivity index (χ3n) is 0.534. The molecular weight excluding hydrogens is 116 g/mol. The highest BCUT2D eigenvalue weighted by Crippen LogP contribution is 1.81. The van der Waals surface area contributed by atoms with E-state index in [9.17, 15) is 0 Å². The summed E-state index contributed by atoms with van der Waals surface area (Å²) in [4.78, 5) is 7.03. The maximum Gasteiger partial charge on any atom is 0.110 e. The van der Waals surface area contributed by atoms with E-state index < -0.39 is 6.10 Å². The van der Waals surface area contributed by atoms with E-state index in [4.69, 9.17) is 15.6 Å². The van der Waals surface area contributed by atoms with Gasteiger partial charge in [-0.25, -0.2) is 9.78 Å². The van der Waals surface area contributed by atoms with Crippen molar-refractivity contribution in [2.75, 3.05) is 13.2 Å². The van der Waals surface area contributed by atoms with Crippen molar-refractivity contribution in [2.45, 2.75) is 6.10 Å². The summed E-state index contributed by atoms with van der Waals surface area (Å²) in [5.41, 5.74) is 0. The molecule has 0 amide bonds. The maximum absolute atomic E-state index is 8.48. The molecule has 50 valence electrons. The standard InChI is InChI=1S/C3H8O5/c4-3(1-7-5)2-8-6/h3-6H,1-2H2. The third-order valence-corrected chi connectivity index (χ3v) is 0.534. The summed E-state index contributed by atoms with van der Waals surface area (Å²) < 4.78 is 0. The van der Waals surface area contributed by atoms with E-state index in [2.05, 4.69) is 9.78 Å². The molecule has 0 rings (SSSR count). The van der Waals surface area contributed by atoms with Crippen LogP contribution in [0.3, 0.4) is 0 Å². The van der Waals surface area contributed by atoms with Crippen LogP contribution >= 0.6 is 0 Å². The number of hydrogen-bond acceptors (Lipinski definition) is 5. The van der Waals surface area contributed by atoms with E-state index in [-0.39, 0.29) is 13.2 Å². The van der Waals surface area contributed by atoms with Gasteiger partial charge < -0.3 is 5.11 Å². The van der Waals surface area contributed by atoms with Crippen LogP contribution in [0.1, 0.15) is 0 Å². The van der Waals surface area contributed by atoms with Crippen LogP contribution in [0.4, 0.5) is 0 Å². The van der Waals surface area contributed by atoms with Crippen molar-refractivity contribution in [3.63, 3.8) is 0 Å². The van der Waals surface area contributed by atoms with Crippen molar-refractivity contribution in [1.29, 1.82) is 0 Å². The predicted molar refractivity (Wildman–Crippen MR) is 23.2 cm³/mol. The minimum atomic E-state index is -0.981. The van der Waals surface area contributed by atoms with Gasteiger partial charge in [0.1, 0.15) is 19.3 Å². The highest BCUT2D eigenvalue weighted by atomic mass is 17.1. The van der Waals surface area contributed by atoms with Crippen molar-refractivity contribution in [3.8, 4) is 0 Å². The monoisotopic (exact) mass is 124 g/mol. The normalized spacial score (nSPS) is 10.5. The lowest BCUT2D eigenvalue weighted by Crippen LogP contribution is -2.19. The fourth-order valence-corrected chi connectivity index (χ4v) is 0.220. The Hall–Kier alpha value is -0.200. The van der Waals surface area contributed by atoms with Crippen LogP contribution in [0.15, 0.2) is 0 Å². The van der Waals surface area contributed by atoms with Crippen molar-refractivity contribution in [1.82, 2.24) is 0 Å². The van der Waals surface area contributed by atoms with Gasteiger partial charge in [-0.15, -0.1) is 0 Å². The largest absolute Gasteiger partial charge is 0.388 e. The van der Waals surface area contributed by atoms with Gasteiger partial charge in [-0.1, -0.05) is 0 Å². The van der Waals surface area contributed by atoms with Crippen LogP contribution in [-0.2, 0) is 9.78 Å². The van der Waals surface area contributed by atoms with E-state index >= 15 is 0 Å². The Morgan fingerprint density at radius 1 is 1.12 bits per heavy atom. The van der Waals surface area contributed by atoms with Gasteiger partial charge in [0.2, 0.25) is 0 Å². The Bertz CT molecular complexity index is 40.9. The second-order valence-corrected chi connectivity index (χ2v) is 1.25. The highest BCUT2D eigenvalue weighted by Gasteiger charge is 2.01. The zero-order valence-electron chi connectivity index (χ0n) is 4.15. The molecule has 0 atom stereocenters. The molecule has 8 heavy (non-hydrogen) atoms. The van der Waals surface area contributed by atoms with Crippen LogP contribution in [0.5, 0.6) is 0 Å². The van der Waals surface area contributed by atoms with Crippen molar-refractivity contribution >= 4 is 0 Å². The predicted octanol–water partition coefficient (Wildman–Crippen LogP) is -0.673. The molecule has 0 aromatic carbocycles. The first-order chi connectivity index (χ1) is 3.81.